The fourth-order valence-electron chi connectivity index (χ4n) is 1.57. The molecule has 0 aliphatic carbocycles. The number of fused-ring (bicyclic) bond motifs is 1. The lowest BCUT2D eigenvalue weighted by molar-refractivity contribution is -0.146. The number of hydrogen-bond donors (Lipinski definition) is 1. The van der Waals surface area contributed by atoms with Crippen molar-refractivity contribution in [3.63, 3.8) is 0 Å². The standard InChI is InChI=1S/C10H5BrF3N5S/c11-5-3-4(1-2-6(5)15)7-18-19-8(10(12,13)14)16-17-9(19)20-7/h1-3H,15H2. The second kappa shape index (κ2) is 4.42. The predicted octanol–water partition coefficient (Wildman–Crippen LogP) is 3.22. The summed E-state index contributed by atoms with van der Waals surface area (Å²) in [6, 6.07) is 5.01. The summed E-state index contributed by atoms with van der Waals surface area (Å²) < 4.78 is 39.4. The summed E-state index contributed by atoms with van der Waals surface area (Å²) in [4.78, 5) is 0.0836. The lowest BCUT2D eigenvalue weighted by Gasteiger charge is -2.01. The molecule has 5 nitrogen and oxygen atoms in total. The number of halogens is 4. The number of aromatic nitrogens is 4. The van der Waals surface area contributed by atoms with Gasteiger partial charge < -0.3 is 5.73 Å². The van der Waals surface area contributed by atoms with Gasteiger partial charge in [-0.3, -0.25) is 0 Å². The van der Waals surface area contributed by atoms with Crippen molar-refractivity contribution in [3.05, 3.63) is 28.5 Å². The summed E-state index contributed by atoms with van der Waals surface area (Å²) in [5, 5.41) is 10.9. The number of nitrogen functional groups attached to an aromatic ring is 1. The molecule has 0 fully saturated rings. The molecule has 1 aromatic carbocycles. The van der Waals surface area contributed by atoms with Crippen LogP contribution < -0.4 is 5.73 Å². The van der Waals surface area contributed by atoms with Gasteiger partial charge in [-0.15, -0.1) is 10.2 Å². The Morgan fingerprint density at radius 1 is 1.25 bits per heavy atom. The lowest BCUT2D eigenvalue weighted by Crippen LogP contribution is -2.11. The van der Waals surface area contributed by atoms with E-state index in [4.69, 9.17) is 5.73 Å². The maximum Gasteiger partial charge on any atom is 0.453 e. The third-order valence-corrected chi connectivity index (χ3v) is 4.13. The molecule has 0 saturated carbocycles. The van der Waals surface area contributed by atoms with Crippen molar-refractivity contribution in [1.82, 2.24) is 19.8 Å². The molecule has 2 N–H and O–H groups in total. The van der Waals surface area contributed by atoms with Crippen LogP contribution in [0.3, 0.4) is 0 Å². The third-order valence-electron chi connectivity index (χ3n) is 2.49. The normalized spacial score (nSPS) is 12.2. The Labute approximate surface area is 122 Å². The Bertz CT molecular complexity index is 794. The van der Waals surface area contributed by atoms with Crippen molar-refractivity contribution in [2.75, 3.05) is 5.73 Å². The largest absolute Gasteiger partial charge is 0.453 e. The molecule has 0 bridgehead atoms. The number of benzene rings is 1. The van der Waals surface area contributed by atoms with Gasteiger partial charge in [0, 0.05) is 15.7 Å². The Balaban J connectivity index is 2.14. The van der Waals surface area contributed by atoms with E-state index in [1.54, 1.807) is 18.2 Å². The van der Waals surface area contributed by atoms with Gasteiger partial charge in [0.1, 0.15) is 5.01 Å². The zero-order chi connectivity index (χ0) is 14.5. The van der Waals surface area contributed by atoms with E-state index in [0.29, 0.717) is 25.2 Å². The van der Waals surface area contributed by atoms with Gasteiger partial charge in [-0.1, -0.05) is 11.3 Å². The molecule has 0 aliphatic heterocycles. The van der Waals surface area contributed by atoms with Gasteiger partial charge in [0.25, 0.3) is 5.82 Å². The molecule has 20 heavy (non-hydrogen) atoms. The highest BCUT2D eigenvalue weighted by Gasteiger charge is 2.38. The van der Waals surface area contributed by atoms with Crippen molar-refractivity contribution in [3.8, 4) is 10.6 Å². The Kier molecular flexibility index (Phi) is 2.94. The van der Waals surface area contributed by atoms with Crippen LogP contribution in [0.15, 0.2) is 22.7 Å². The van der Waals surface area contributed by atoms with E-state index < -0.39 is 12.0 Å². The Hall–Kier alpha value is -1.68. The highest BCUT2D eigenvalue weighted by atomic mass is 79.9. The summed E-state index contributed by atoms with van der Waals surface area (Å²) in [6.45, 7) is 0. The first-order valence-corrected chi connectivity index (χ1v) is 6.82. The van der Waals surface area contributed by atoms with E-state index >= 15 is 0 Å². The maximum atomic E-state index is 12.7. The highest BCUT2D eigenvalue weighted by Crippen LogP contribution is 2.33. The number of anilines is 1. The highest BCUT2D eigenvalue weighted by molar-refractivity contribution is 9.10. The van der Waals surface area contributed by atoms with Crippen molar-refractivity contribution in [1.29, 1.82) is 0 Å². The first-order valence-electron chi connectivity index (χ1n) is 5.21. The summed E-state index contributed by atoms with van der Waals surface area (Å²) in [7, 11) is 0. The minimum atomic E-state index is -4.59. The van der Waals surface area contributed by atoms with Crippen LogP contribution in [0.25, 0.3) is 15.5 Å². The first-order chi connectivity index (χ1) is 9.36. The van der Waals surface area contributed by atoms with Crippen LogP contribution in [0.1, 0.15) is 5.82 Å². The number of alkyl halides is 3. The minimum absolute atomic E-state index is 0.0836. The average molecular weight is 364 g/mol. The molecule has 0 aliphatic rings. The number of nitrogens with zero attached hydrogens (tertiary/aromatic N) is 4. The fraction of sp³-hybridized carbons (Fsp3) is 0.100. The second-order valence-electron chi connectivity index (χ2n) is 3.86. The van der Waals surface area contributed by atoms with Gasteiger partial charge in [0.15, 0.2) is 0 Å². The van der Waals surface area contributed by atoms with Crippen molar-refractivity contribution in [2.24, 2.45) is 0 Å². The summed E-state index contributed by atoms with van der Waals surface area (Å²) in [5.41, 5.74) is 6.85. The van der Waals surface area contributed by atoms with E-state index in [0.717, 1.165) is 11.3 Å². The molecule has 2 heterocycles. The first kappa shape index (κ1) is 13.3. The van der Waals surface area contributed by atoms with Crippen LogP contribution in [0.4, 0.5) is 18.9 Å². The molecule has 2 aromatic heterocycles. The SMILES string of the molecule is Nc1ccc(-c2nn3c(C(F)(F)F)nnc3s2)cc1Br. The summed E-state index contributed by atoms with van der Waals surface area (Å²) in [6.07, 6.45) is -4.59. The van der Waals surface area contributed by atoms with Crippen LogP contribution in [-0.2, 0) is 6.18 Å². The van der Waals surface area contributed by atoms with Crippen molar-refractivity contribution < 1.29 is 13.2 Å². The van der Waals surface area contributed by atoms with Crippen LogP contribution in [0.5, 0.6) is 0 Å². The van der Waals surface area contributed by atoms with E-state index in [1.807, 2.05) is 0 Å². The van der Waals surface area contributed by atoms with Crippen LogP contribution in [-0.4, -0.2) is 19.8 Å². The van der Waals surface area contributed by atoms with E-state index in [1.165, 1.54) is 0 Å². The fourth-order valence-corrected chi connectivity index (χ4v) is 2.78. The average Bonchev–Trinajstić information content (AvgIpc) is 2.90. The van der Waals surface area contributed by atoms with Gasteiger partial charge in [-0.2, -0.15) is 22.8 Å². The molecule has 0 atom stereocenters. The van der Waals surface area contributed by atoms with Crippen LogP contribution in [0.2, 0.25) is 0 Å². The lowest BCUT2D eigenvalue weighted by atomic mass is 10.2. The number of hydrogen-bond acceptors (Lipinski definition) is 5. The Morgan fingerprint density at radius 2 is 2.00 bits per heavy atom. The Morgan fingerprint density at radius 3 is 2.65 bits per heavy atom. The summed E-state index contributed by atoms with van der Waals surface area (Å²) in [5.74, 6) is -1.13. The molecule has 104 valence electrons. The van der Waals surface area contributed by atoms with Gasteiger partial charge in [-0.05, 0) is 34.1 Å². The number of rotatable bonds is 1. The molecule has 3 rings (SSSR count). The predicted molar refractivity (Wildman–Crippen MR) is 71.2 cm³/mol. The van der Waals surface area contributed by atoms with E-state index in [-0.39, 0.29) is 4.96 Å². The number of nitrogens with two attached hydrogens (primary N) is 1. The minimum Gasteiger partial charge on any atom is -0.398 e. The van der Waals surface area contributed by atoms with E-state index in [2.05, 4.69) is 31.2 Å². The quantitative estimate of drug-likeness (QED) is 0.674. The maximum absolute atomic E-state index is 12.7. The topological polar surface area (TPSA) is 69.1 Å². The van der Waals surface area contributed by atoms with Gasteiger partial charge >= 0.3 is 6.18 Å². The zero-order valence-electron chi connectivity index (χ0n) is 9.52. The van der Waals surface area contributed by atoms with Gasteiger partial charge in [0.2, 0.25) is 4.96 Å². The smallest absolute Gasteiger partial charge is 0.398 e. The van der Waals surface area contributed by atoms with E-state index in [9.17, 15) is 13.2 Å². The molecule has 0 spiro atoms. The molecule has 3 aromatic rings. The van der Waals surface area contributed by atoms with Crippen LogP contribution >= 0.6 is 27.3 Å². The molecule has 0 unspecified atom stereocenters. The molecule has 0 radical (unpaired) electrons. The van der Waals surface area contributed by atoms with Gasteiger partial charge in [0.05, 0.1) is 0 Å². The second-order valence-corrected chi connectivity index (χ2v) is 5.67. The third kappa shape index (κ3) is 2.14. The van der Waals surface area contributed by atoms with Crippen LogP contribution in [0, 0.1) is 0 Å². The van der Waals surface area contributed by atoms with Crippen molar-refractivity contribution >= 4 is 37.9 Å². The molecule has 0 saturated heterocycles. The summed E-state index contributed by atoms with van der Waals surface area (Å²) >= 11 is 4.28. The zero-order valence-corrected chi connectivity index (χ0v) is 11.9. The molecular formula is C10H5BrF3N5S. The van der Waals surface area contributed by atoms with Crippen molar-refractivity contribution in [2.45, 2.75) is 6.18 Å². The monoisotopic (exact) mass is 363 g/mol. The molecular weight excluding hydrogens is 359 g/mol. The molecule has 0 amide bonds. The van der Waals surface area contributed by atoms with Gasteiger partial charge in [-0.25, -0.2) is 0 Å². The molecule has 10 heteroatoms.